The molecule has 2 heterocycles. The van der Waals surface area contributed by atoms with E-state index in [0.29, 0.717) is 23.4 Å². The molecule has 0 aromatic heterocycles. The second kappa shape index (κ2) is 10.4. The molecule has 6 atom stereocenters. The van der Waals surface area contributed by atoms with Crippen LogP contribution in [-0.2, 0) is 19.2 Å². The van der Waals surface area contributed by atoms with Gasteiger partial charge < -0.3 is 9.84 Å². The summed E-state index contributed by atoms with van der Waals surface area (Å²) in [6.07, 6.45) is 4.21. The van der Waals surface area contributed by atoms with Gasteiger partial charge in [0.2, 0.25) is 23.6 Å². The molecule has 1 saturated carbocycles. The summed E-state index contributed by atoms with van der Waals surface area (Å²) >= 11 is 6.49. The van der Waals surface area contributed by atoms with Crippen molar-refractivity contribution in [1.82, 2.24) is 0 Å². The summed E-state index contributed by atoms with van der Waals surface area (Å²) in [7, 11) is 1.41. The number of amides is 4. The number of methoxy groups -OCH3 is 1. The first-order chi connectivity index (χ1) is 21.6. The van der Waals surface area contributed by atoms with Gasteiger partial charge in [0.05, 0.1) is 46.7 Å². The predicted molar refractivity (Wildman–Crippen MR) is 170 cm³/mol. The molecule has 0 radical (unpaired) electrons. The number of rotatable bonds is 5. The zero-order valence-corrected chi connectivity index (χ0v) is 25.5. The van der Waals surface area contributed by atoms with Crippen molar-refractivity contribution in [2.45, 2.75) is 25.7 Å². The third kappa shape index (κ3) is 4.05. The number of benzene rings is 3. The Bertz CT molecular complexity index is 1820. The highest BCUT2D eigenvalue weighted by Crippen LogP contribution is 2.64. The van der Waals surface area contributed by atoms with Crippen molar-refractivity contribution in [3.8, 4) is 11.5 Å². The van der Waals surface area contributed by atoms with E-state index in [4.69, 9.17) is 16.3 Å². The van der Waals surface area contributed by atoms with Gasteiger partial charge in [0, 0.05) is 5.92 Å². The third-order valence-corrected chi connectivity index (χ3v) is 10.6. The number of ether oxygens (including phenoxy) is 1. The fourth-order valence-corrected chi connectivity index (χ4v) is 8.37. The number of aromatic hydroxyl groups is 1. The molecule has 3 fully saturated rings. The van der Waals surface area contributed by atoms with Gasteiger partial charge in [0.15, 0.2) is 11.5 Å². The number of para-hydroxylation sites is 1. The van der Waals surface area contributed by atoms with E-state index >= 15 is 0 Å². The summed E-state index contributed by atoms with van der Waals surface area (Å²) in [6.45, 7) is 5.58. The van der Waals surface area contributed by atoms with Gasteiger partial charge >= 0.3 is 0 Å². The smallest absolute Gasteiger partial charge is 0.241 e. The number of halogens is 1. The van der Waals surface area contributed by atoms with E-state index in [1.807, 2.05) is 12.1 Å². The second-order valence-electron chi connectivity index (χ2n) is 12.4. The Balaban J connectivity index is 1.38. The first kappa shape index (κ1) is 29.0. The van der Waals surface area contributed by atoms with Crippen LogP contribution in [0.25, 0.3) is 6.08 Å². The topological polar surface area (TPSA) is 104 Å². The van der Waals surface area contributed by atoms with Gasteiger partial charge in [-0.1, -0.05) is 66.2 Å². The SMILES string of the molecule is C=Cc1ccc(N2C(=O)C3CC=C4C(CC5C(=O)N(c6ccccc6)C(=O)C5(C)C4c4cc(Cl)c(O)c(OC)c4)C3C2=O)cc1. The van der Waals surface area contributed by atoms with E-state index in [9.17, 15) is 24.3 Å². The van der Waals surface area contributed by atoms with Crippen LogP contribution in [0.4, 0.5) is 11.4 Å². The molecule has 0 bridgehead atoms. The van der Waals surface area contributed by atoms with E-state index in [-0.39, 0.29) is 46.6 Å². The Morgan fingerprint density at radius 2 is 1.62 bits per heavy atom. The molecule has 3 aromatic rings. The minimum atomic E-state index is -1.24. The summed E-state index contributed by atoms with van der Waals surface area (Å²) in [4.78, 5) is 59.3. The number of carbonyl (C=O) groups excluding carboxylic acids is 4. The molecule has 45 heavy (non-hydrogen) atoms. The molecule has 9 heteroatoms. The molecule has 228 valence electrons. The van der Waals surface area contributed by atoms with Crippen molar-refractivity contribution in [2.24, 2.45) is 29.1 Å². The normalized spacial score (nSPS) is 28.9. The highest BCUT2D eigenvalue weighted by molar-refractivity contribution is 6.32. The van der Waals surface area contributed by atoms with E-state index in [2.05, 4.69) is 6.58 Å². The number of carbonyl (C=O) groups is 4. The third-order valence-electron chi connectivity index (χ3n) is 10.3. The van der Waals surface area contributed by atoms with Crippen LogP contribution in [0, 0.1) is 29.1 Å². The average molecular weight is 623 g/mol. The lowest BCUT2D eigenvalue weighted by Gasteiger charge is -2.49. The number of phenolic OH excluding ortho intramolecular Hbond substituents is 1. The molecule has 2 aliphatic carbocycles. The van der Waals surface area contributed by atoms with Crippen LogP contribution in [0.1, 0.15) is 36.8 Å². The van der Waals surface area contributed by atoms with Crippen molar-refractivity contribution in [3.63, 3.8) is 0 Å². The summed E-state index contributed by atoms with van der Waals surface area (Å²) in [5.41, 5.74) is 1.99. The van der Waals surface area contributed by atoms with E-state index in [0.717, 1.165) is 11.1 Å². The minimum absolute atomic E-state index is 0.0406. The quantitative estimate of drug-likeness (QED) is 0.271. The van der Waals surface area contributed by atoms with Gasteiger partial charge in [-0.15, -0.1) is 0 Å². The molecule has 2 aliphatic heterocycles. The lowest BCUT2D eigenvalue weighted by Crippen LogP contribution is -2.48. The number of nitrogens with zero attached hydrogens (tertiary/aromatic N) is 2. The van der Waals surface area contributed by atoms with Crippen molar-refractivity contribution in [2.75, 3.05) is 16.9 Å². The molecular formula is C36H31ClN2O6. The van der Waals surface area contributed by atoms with Crippen LogP contribution in [-0.4, -0.2) is 35.8 Å². The Kier molecular flexibility index (Phi) is 6.74. The molecule has 3 aromatic carbocycles. The molecule has 0 spiro atoms. The largest absolute Gasteiger partial charge is 0.503 e. The zero-order valence-electron chi connectivity index (χ0n) is 24.8. The van der Waals surface area contributed by atoms with Crippen molar-refractivity contribution in [1.29, 1.82) is 0 Å². The Morgan fingerprint density at radius 3 is 2.29 bits per heavy atom. The maximum absolute atomic E-state index is 14.5. The van der Waals surface area contributed by atoms with Crippen LogP contribution in [0.5, 0.6) is 11.5 Å². The number of allylic oxidation sites excluding steroid dienone is 2. The van der Waals surface area contributed by atoms with E-state index in [1.165, 1.54) is 16.9 Å². The van der Waals surface area contributed by atoms with Gasteiger partial charge in [-0.25, -0.2) is 4.90 Å². The van der Waals surface area contributed by atoms with Crippen LogP contribution in [0.2, 0.25) is 5.02 Å². The van der Waals surface area contributed by atoms with Crippen LogP contribution in [0.3, 0.4) is 0 Å². The van der Waals surface area contributed by atoms with Crippen molar-refractivity contribution < 1.29 is 29.0 Å². The van der Waals surface area contributed by atoms with Gasteiger partial charge in [-0.3, -0.25) is 24.1 Å². The Morgan fingerprint density at radius 1 is 0.933 bits per heavy atom. The minimum Gasteiger partial charge on any atom is -0.503 e. The van der Waals surface area contributed by atoms with E-state index < -0.39 is 35.0 Å². The van der Waals surface area contributed by atoms with Gasteiger partial charge in [0.25, 0.3) is 0 Å². The van der Waals surface area contributed by atoms with Crippen LogP contribution >= 0.6 is 11.6 Å². The second-order valence-corrected chi connectivity index (χ2v) is 12.8. The van der Waals surface area contributed by atoms with Crippen molar-refractivity contribution >= 4 is 52.7 Å². The van der Waals surface area contributed by atoms with Gasteiger partial charge in [-0.05, 0) is 73.2 Å². The molecule has 4 aliphatic rings. The summed E-state index contributed by atoms with van der Waals surface area (Å²) in [5.74, 6) is -4.61. The lowest BCUT2D eigenvalue weighted by molar-refractivity contribution is -0.131. The standard InChI is InChI=1S/C36H31ClN2O6/c1-4-19-10-12-22(13-11-19)38-32(41)24-15-14-23-25(29(24)34(38)43)18-26-33(42)39(21-8-6-5-7-9-21)35(44)36(26,2)30(23)20-16-27(37)31(40)28(17-20)45-3/h4-14,16-17,24-26,29-30,40H,1,15,18H2,2-3H3. The maximum atomic E-state index is 14.5. The first-order valence-electron chi connectivity index (χ1n) is 14.9. The molecule has 6 unspecified atom stereocenters. The number of phenols is 1. The lowest BCUT2D eigenvalue weighted by atomic mass is 9.51. The molecule has 4 amide bonds. The average Bonchev–Trinajstić information content (AvgIpc) is 3.42. The summed E-state index contributed by atoms with van der Waals surface area (Å²) in [6, 6.07) is 19.1. The highest BCUT2D eigenvalue weighted by atomic mass is 35.5. The number of imide groups is 2. The molecule has 1 N–H and O–H groups in total. The number of hydrogen-bond donors (Lipinski definition) is 1. The van der Waals surface area contributed by atoms with Gasteiger partial charge in [-0.2, -0.15) is 0 Å². The maximum Gasteiger partial charge on any atom is 0.241 e. The molecule has 8 nitrogen and oxygen atoms in total. The molecule has 7 rings (SSSR count). The summed E-state index contributed by atoms with van der Waals surface area (Å²) < 4.78 is 5.43. The fraction of sp³-hybridized carbons (Fsp3) is 0.278. The van der Waals surface area contributed by atoms with E-state index in [1.54, 1.807) is 73.7 Å². The zero-order chi connectivity index (χ0) is 31.8. The fourth-order valence-electron chi connectivity index (χ4n) is 8.15. The van der Waals surface area contributed by atoms with Gasteiger partial charge in [0.1, 0.15) is 0 Å². The monoisotopic (exact) mass is 622 g/mol. The number of fused-ring (bicyclic) bond motifs is 4. The predicted octanol–water partition coefficient (Wildman–Crippen LogP) is 6.13. The molecular weight excluding hydrogens is 592 g/mol. The summed E-state index contributed by atoms with van der Waals surface area (Å²) in [5, 5.41) is 10.6. The van der Waals surface area contributed by atoms with Crippen molar-refractivity contribution in [3.05, 3.63) is 101 Å². The van der Waals surface area contributed by atoms with Crippen LogP contribution < -0.4 is 14.5 Å². The Labute approximate surface area is 265 Å². The number of anilines is 2. The first-order valence-corrected chi connectivity index (χ1v) is 15.3. The Hall–Kier alpha value is -4.69. The van der Waals surface area contributed by atoms with Crippen LogP contribution in [0.15, 0.2) is 85.0 Å². The highest BCUT2D eigenvalue weighted by Gasteiger charge is 2.67. The number of hydrogen-bond acceptors (Lipinski definition) is 6. The molecule has 2 saturated heterocycles.